The van der Waals surface area contributed by atoms with Gasteiger partial charge in [-0.1, -0.05) is 42.5 Å². The molecule has 0 aromatic heterocycles. The third-order valence-corrected chi connectivity index (χ3v) is 5.44. The smallest absolute Gasteiger partial charge is 0.185 e. The Morgan fingerprint density at radius 2 is 1.71 bits per heavy atom. The number of sulfone groups is 1. The fourth-order valence-corrected chi connectivity index (χ4v) is 4.21. The molecule has 0 bridgehead atoms. The van der Waals surface area contributed by atoms with Gasteiger partial charge >= 0.3 is 0 Å². The van der Waals surface area contributed by atoms with Gasteiger partial charge in [-0.25, -0.2) is 8.42 Å². The van der Waals surface area contributed by atoms with Crippen molar-refractivity contribution in [2.45, 2.75) is 30.4 Å². The van der Waals surface area contributed by atoms with E-state index >= 15 is 0 Å². The number of benzene rings is 2. The molecule has 0 fully saturated rings. The summed E-state index contributed by atoms with van der Waals surface area (Å²) in [4.78, 5) is 11.8. The van der Waals surface area contributed by atoms with Crippen LogP contribution < -0.4 is 0 Å². The highest BCUT2D eigenvalue weighted by atomic mass is 32.2. The molecule has 2 aromatic rings. The Bertz CT molecular complexity index is 734. The van der Waals surface area contributed by atoms with Crippen molar-refractivity contribution in [2.24, 2.45) is 0 Å². The van der Waals surface area contributed by atoms with Gasteiger partial charge in [0.05, 0.1) is 10.1 Å². The van der Waals surface area contributed by atoms with Crippen LogP contribution in [0.4, 0.5) is 0 Å². The van der Waals surface area contributed by atoms with Crippen LogP contribution in [0.5, 0.6) is 0 Å². The van der Waals surface area contributed by atoms with E-state index in [4.69, 9.17) is 0 Å². The molecule has 21 heavy (non-hydrogen) atoms. The molecule has 1 atom stereocenters. The van der Waals surface area contributed by atoms with Crippen LogP contribution in [-0.2, 0) is 14.6 Å². The van der Waals surface area contributed by atoms with Crippen molar-refractivity contribution in [1.82, 2.24) is 0 Å². The Balaban J connectivity index is 2.52. The Hall–Kier alpha value is -1.94. The highest BCUT2D eigenvalue weighted by Crippen LogP contribution is 2.32. The van der Waals surface area contributed by atoms with Crippen molar-refractivity contribution >= 4 is 15.6 Å². The fraction of sp³-hybridized carbons (Fsp3) is 0.235. The maximum absolute atomic E-state index is 12.9. The van der Waals surface area contributed by atoms with Crippen LogP contribution >= 0.6 is 0 Å². The number of carbonyl (C=O) groups is 1. The van der Waals surface area contributed by atoms with Gasteiger partial charge in [0.2, 0.25) is 0 Å². The Labute approximate surface area is 125 Å². The van der Waals surface area contributed by atoms with E-state index in [1.807, 2.05) is 19.1 Å². The van der Waals surface area contributed by atoms with Gasteiger partial charge in [-0.05, 0) is 37.1 Å². The Morgan fingerprint density at radius 3 is 2.29 bits per heavy atom. The lowest BCUT2D eigenvalue weighted by molar-refractivity contribution is -0.117. The second kappa shape index (κ2) is 6.22. The van der Waals surface area contributed by atoms with Crippen LogP contribution in [0.3, 0.4) is 0 Å². The van der Waals surface area contributed by atoms with Crippen molar-refractivity contribution in [3.8, 4) is 0 Å². The van der Waals surface area contributed by atoms with Gasteiger partial charge in [0.15, 0.2) is 9.84 Å². The summed E-state index contributed by atoms with van der Waals surface area (Å²) in [5.74, 6) is -0.139. The first kappa shape index (κ1) is 15.4. The van der Waals surface area contributed by atoms with Gasteiger partial charge in [-0.15, -0.1) is 0 Å². The van der Waals surface area contributed by atoms with Crippen LogP contribution in [0, 0.1) is 6.92 Å². The summed E-state index contributed by atoms with van der Waals surface area (Å²) in [5, 5.41) is -0.835. The molecule has 0 saturated heterocycles. The number of rotatable bonds is 5. The molecule has 0 aliphatic heterocycles. The van der Waals surface area contributed by atoms with Gasteiger partial charge in [-0.3, -0.25) is 4.79 Å². The summed E-state index contributed by atoms with van der Waals surface area (Å²) in [6, 6.07) is 15.7. The summed E-state index contributed by atoms with van der Waals surface area (Å²) >= 11 is 0. The van der Waals surface area contributed by atoms with E-state index in [0.717, 1.165) is 5.56 Å². The zero-order chi connectivity index (χ0) is 15.5. The molecule has 3 nitrogen and oxygen atoms in total. The van der Waals surface area contributed by atoms with Crippen LogP contribution in [0.1, 0.15) is 29.7 Å². The monoisotopic (exact) mass is 302 g/mol. The summed E-state index contributed by atoms with van der Waals surface area (Å²) < 4.78 is 25.7. The second-order valence-electron chi connectivity index (χ2n) is 5.17. The number of carbonyl (C=O) groups excluding carboxylic acids is 1. The maximum Gasteiger partial charge on any atom is 0.185 e. The molecular weight excluding hydrogens is 284 g/mol. The lowest BCUT2D eigenvalue weighted by atomic mass is 10.1. The number of hydrogen-bond donors (Lipinski definition) is 0. The maximum atomic E-state index is 12.9. The average molecular weight is 302 g/mol. The van der Waals surface area contributed by atoms with Gasteiger partial charge in [0, 0.05) is 6.42 Å². The van der Waals surface area contributed by atoms with E-state index in [2.05, 4.69) is 0 Å². The summed E-state index contributed by atoms with van der Waals surface area (Å²) in [6.45, 7) is 3.27. The lowest BCUT2D eigenvalue weighted by Crippen LogP contribution is -2.16. The second-order valence-corrected chi connectivity index (χ2v) is 7.30. The van der Waals surface area contributed by atoms with Crippen molar-refractivity contribution in [3.05, 3.63) is 65.7 Å². The van der Waals surface area contributed by atoms with Gasteiger partial charge in [0.1, 0.15) is 5.78 Å². The van der Waals surface area contributed by atoms with Gasteiger partial charge in [0.25, 0.3) is 0 Å². The molecular formula is C17H18O3S. The third-order valence-electron chi connectivity index (χ3n) is 3.34. The van der Waals surface area contributed by atoms with Crippen molar-refractivity contribution in [2.75, 3.05) is 0 Å². The van der Waals surface area contributed by atoms with E-state index in [9.17, 15) is 13.2 Å². The molecule has 0 N–H and O–H groups in total. The highest BCUT2D eigenvalue weighted by molar-refractivity contribution is 7.91. The topological polar surface area (TPSA) is 51.2 Å². The molecule has 2 rings (SSSR count). The van der Waals surface area contributed by atoms with Crippen LogP contribution in [0.2, 0.25) is 0 Å². The Kier molecular flexibility index (Phi) is 4.58. The molecule has 0 unspecified atom stereocenters. The zero-order valence-corrected chi connectivity index (χ0v) is 12.9. The van der Waals surface area contributed by atoms with Crippen molar-refractivity contribution in [3.63, 3.8) is 0 Å². The largest absolute Gasteiger partial charge is 0.300 e. The molecule has 4 heteroatoms. The van der Waals surface area contributed by atoms with E-state index < -0.39 is 15.1 Å². The minimum atomic E-state index is -3.59. The van der Waals surface area contributed by atoms with Crippen LogP contribution in [0.15, 0.2) is 59.5 Å². The first-order valence-corrected chi connectivity index (χ1v) is 8.31. The molecule has 0 saturated carbocycles. The predicted molar refractivity (Wildman–Crippen MR) is 82.8 cm³/mol. The Morgan fingerprint density at radius 1 is 1.05 bits per heavy atom. The number of aryl methyl sites for hydroxylation is 1. The van der Waals surface area contributed by atoms with Gasteiger partial charge < -0.3 is 0 Å². The molecule has 2 aromatic carbocycles. The molecule has 0 aliphatic carbocycles. The SMILES string of the molecule is CC(=O)C[C@H](c1ccccc1)S(=O)(=O)c1cccc(C)c1. The number of hydrogen-bond acceptors (Lipinski definition) is 3. The first-order valence-electron chi connectivity index (χ1n) is 6.76. The quantitative estimate of drug-likeness (QED) is 0.849. The van der Waals surface area contributed by atoms with E-state index in [0.29, 0.717) is 5.56 Å². The summed E-state index contributed by atoms with van der Waals surface area (Å²) in [6.07, 6.45) is -0.0136. The van der Waals surface area contributed by atoms with E-state index in [-0.39, 0.29) is 17.1 Å². The molecule has 0 radical (unpaired) electrons. The predicted octanol–water partition coefficient (Wildman–Crippen LogP) is 3.49. The normalized spacial score (nSPS) is 12.9. The van der Waals surface area contributed by atoms with Crippen LogP contribution in [-0.4, -0.2) is 14.2 Å². The van der Waals surface area contributed by atoms with E-state index in [1.54, 1.807) is 42.5 Å². The minimum absolute atomic E-state index is 0.0136. The number of Topliss-reactive ketones (excluding diaryl/α,β-unsaturated/α-hetero) is 1. The molecule has 0 heterocycles. The zero-order valence-electron chi connectivity index (χ0n) is 12.1. The standard InChI is InChI=1S/C17H18O3S/c1-13-7-6-10-16(11-13)21(19,20)17(12-14(2)18)15-8-4-3-5-9-15/h3-11,17H,12H2,1-2H3/t17-/m1/s1. The number of ketones is 1. The van der Waals surface area contributed by atoms with E-state index in [1.165, 1.54) is 6.92 Å². The third kappa shape index (κ3) is 3.58. The van der Waals surface area contributed by atoms with Crippen LogP contribution in [0.25, 0.3) is 0 Å². The van der Waals surface area contributed by atoms with Crippen molar-refractivity contribution < 1.29 is 13.2 Å². The first-order chi connectivity index (χ1) is 9.91. The lowest BCUT2D eigenvalue weighted by Gasteiger charge is -2.17. The molecule has 110 valence electrons. The molecule has 0 amide bonds. The summed E-state index contributed by atoms with van der Waals surface area (Å²) in [5.41, 5.74) is 1.53. The van der Waals surface area contributed by atoms with Gasteiger partial charge in [-0.2, -0.15) is 0 Å². The molecule has 0 aliphatic rings. The summed E-state index contributed by atoms with van der Waals surface area (Å²) in [7, 11) is -3.59. The fourth-order valence-electron chi connectivity index (χ4n) is 2.29. The average Bonchev–Trinajstić information content (AvgIpc) is 2.45. The minimum Gasteiger partial charge on any atom is -0.300 e. The van der Waals surface area contributed by atoms with Crippen molar-refractivity contribution in [1.29, 1.82) is 0 Å². The molecule has 0 spiro atoms. The highest BCUT2D eigenvalue weighted by Gasteiger charge is 2.30.